The molecule has 1 aliphatic heterocycles. The fourth-order valence-corrected chi connectivity index (χ4v) is 2.05. The van der Waals surface area contributed by atoms with Crippen molar-refractivity contribution < 1.29 is 9.47 Å². The van der Waals surface area contributed by atoms with Crippen molar-refractivity contribution in [3.8, 4) is 16.9 Å². The Labute approximate surface area is 107 Å². The van der Waals surface area contributed by atoms with Crippen LogP contribution in [0.4, 0.5) is 0 Å². The lowest BCUT2D eigenvalue weighted by molar-refractivity contribution is -0.0720. The van der Waals surface area contributed by atoms with Crippen LogP contribution in [0.1, 0.15) is 6.42 Å². The van der Waals surface area contributed by atoms with Crippen molar-refractivity contribution in [2.45, 2.75) is 12.5 Å². The Kier molecular flexibility index (Phi) is 3.29. The number of hydrogen-bond acceptors (Lipinski definition) is 2. The van der Waals surface area contributed by atoms with Gasteiger partial charge < -0.3 is 9.47 Å². The maximum Gasteiger partial charge on any atom is 0.127 e. The van der Waals surface area contributed by atoms with E-state index in [1.807, 2.05) is 36.4 Å². The molecule has 0 spiro atoms. The van der Waals surface area contributed by atoms with E-state index in [0.717, 1.165) is 24.3 Å². The normalized spacial score (nSPS) is 18.1. The maximum atomic E-state index is 5.87. The highest BCUT2D eigenvalue weighted by Crippen LogP contribution is 2.30. The molecule has 0 amide bonds. The molecule has 92 valence electrons. The summed E-state index contributed by atoms with van der Waals surface area (Å²) in [6.45, 7) is 1.51. The van der Waals surface area contributed by atoms with Gasteiger partial charge in [-0.3, -0.25) is 0 Å². The summed E-state index contributed by atoms with van der Waals surface area (Å²) in [4.78, 5) is 0. The molecular formula is C16H16O2. The van der Waals surface area contributed by atoms with E-state index in [9.17, 15) is 0 Å². The van der Waals surface area contributed by atoms with Gasteiger partial charge in [-0.05, 0) is 11.6 Å². The minimum absolute atomic E-state index is 0.272. The first-order valence-electron chi connectivity index (χ1n) is 6.32. The minimum Gasteiger partial charge on any atom is -0.490 e. The van der Waals surface area contributed by atoms with Gasteiger partial charge in [0.1, 0.15) is 12.4 Å². The summed E-state index contributed by atoms with van der Waals surface area (Å²) in [5.74, 6) is 0.930. The second kappa shape index (κ2) is 5.23. The number of benzene rings is 2. The molecule has 1 atom stereocenters. The van der Waals surface area contributed by atoms with E-state index >= 15 is 0 Å². The minimum atomic E-state index is 0.272. The Bertz CT molecular complexity index is 504. The Morgan fingerprint density at radius 3 is 2.44 bits per heavy atom. The molecule has 18 heavy (non-hydrogen) atoms. The Balaban J connectivity index is 1.80. The highest BCUT2D eigenvalue weighted by Gasteiger charge is 2.19. The van der Waals surface area contributed by atoms with Gasteiger partial charge in [-0.15, -0.1) is 0 Å². The highest BCUT2D eigenvalue weighted by atomic mass is 16.5. The van der Waals surface area contributed by atoms with E-state index < -0.39 is 0 Å². The molecule has 0 radical (unpaired) electrons. The molecule has 1 fully saturated rings. The smallest absolute Gasteiger partial charge is 0.127 e. The highest BCUT2D eigenvalue weighted by molar-refractivity contribution is 5.70. The molecule has 1 saturated heterocycles. The number of ether oxygens (including phenoxy) is 2. The van der Waals surface area contributed by atoms with Crippen LogP contribution in [0, 0.1) is 0 Å². The van der Waals surface area contributed by atoms with Gasteiger partial charge in [-0.25, -0.2) is 0 Å². The summed E-state index contributed by atoms with van der Waals surface area (Å²) in [7, 11) is 0. The molecule has 0 aromatic heterocycles. The van der Waals surface area contributed by atoms with Crippen molar-refractivity contribution in [1.82, 2.24) is 0 Å². The van der Waals surface area contributed by atoms with E-state index in [1.165, 1.54) is 5.56 Å². The quantitative estimate of drug-likeness (QED) is 0.814. The van der Waals surface area contributed by atoms with Crippen LogP contribution in [0.5, 0.6) is 5.75 Å². The summed E-state index contributed by atoms with van der Waals surface area (Å²) >= 11 is 0. The zero-order chi connectivity index (χ0) is 12.2. The number of para-hydroxylation sites is 1. The molecule has 2 aromatic rings. The third-order valence-corrected chi connectivity index (χ3v) is 3.19. The van der Waals surface area contributed by atoms with Crippen LogP contribution in [0.15, 0.2) is 54.6 Å². The van der Waals surface area contributed by atoms with Crippen LogP contribution >= 0.6 is 0 Å². The fraction of sp³-hybridized carbons (Fsp3) is 0.250. The van der Waals surface area contributed by atoms with Crippen LogP contribution in [-0.2, 0) is 4.74 Å². The van der Waals surface area contributed by atoms with Crippen molar-refractivity contribution in [2.24, 2.45) is 0 Å². The molecule has 0 saturated carbocycles. The zero-order valence-electron chi connectivity index (χ0n) is 10.2. The SMILES string of the molecule is c1ccc(-c2ccccc2OCC2CCO2)cc1. The molecule has 1 unspecified atom stereocenters. The summed E-state index contributed by atoms with van der Waals surface area (Å²) in [5.41, 5.74) is 2.32. The van der Waals surface area contributed by atoms with Crippen molar-refractivity contribution in [3.05, 3.63) is 54.6 Å². The van der Waals surface area contributed by atoms with Gasteiger partial charge in [0.15, 0.2) is 0 Å². The van der Waals surface area contributed by atoms with Crippen LogP contribution in [0.3, 0.4) is 0 Å². The lowest BCUT2D eigenvalue weighted by Gasteiger charge is -2.26. The van der Waals surface area contributed by atoms with Gasteiger partial charge in [0, 0.05) is 18.6 Å². The van der Waals surface area contributed by atoms with Crippen molar-refractivity contribution in [3.63, 3.8) is 0 Å². The van der Waals surface area contributed by atoms with Crippen molar-refractivity contribution >= 4 is 0 Å². The summed E-state index contributed by atoms with van der Waals surface area (Å²) < 4.78 is 11.2. The Morgan fingerprint density at radius 1 is 1.00 bits per heavy atom. The lowest BCUT2D eigenvalue weighted by atomic mass is 10.0. The molecule has 0 aliphatic carbocycles. The summed E-state index contributed by atoms with van der Waals surface area (Å²) in [5, 5.41) is 0. The average molecular weight is 240 g/mol. The molecule has 1 heterocycles. The van der Waals surface area contributed by atoms with Gasteiger partial charge >= 0.3 is 0 Å². The third-order valence-electron chi connectivity index (χ3n) is 3.19. The predicted molar refractivity (Wildman–Crippen MR) is 71.7 cm³/mol. The summed E-state index contributed by atoms with van der Waals surface area (Å²) in [6.07, 6.45) is 1.38. The zero-order valence-corrected chi connectivity index (χ0v) is 10.2. The molecule has 3 rings (SSSR count). The maximum absolute atomic E-state index is 5.87. The molecule has 0 bridgehead atoms. The predicted octanol–water partition coefficient (Wildman–Crippen LogP) is 3.52. The molecule has 0 N–H and O–H groups in total. The molecule has 2 nitrogen and oxygen atoms in total. The van der Waals surface area contributed by atoms with Gasteiger partial charge in [0.05, 0.1) is 6.10 Å². The van der Waals surface area contributed by atoms with Gasteiger partial charge in [0.2, 0.25) is 0 Å². The Hall–Kier alpha value is -1.80. The van der Waals surface area contributed by atoms with E-state index in [4.69, 9.17) is 9.47 Å². The van der Waals surface area contributed by atoms with Crippen LogP contribution in [-0.4, -0.2) is 19.3 Å². The van der Waals surface area contributed by atoms with Crippen LogP contribution in [0.2, 0.25) is 0 Å². The van der Waals surface area contributed by atoms with Crippen molar-refractivity contribution in [1.29, 1.82) is 0 Å². The number of hydrogen-bond donors (Lipinski definition) is 0. The summed E-state index contributed by atoms with van der Waals surface area (Å²) in [6, 6.07) is 18.5. The lowest BCUT2D eigenvalue weighted by Crippen LogP contribution is -2.32. The van der Waals surface area contributed by atoms with E-state index in [-0.39, 0.29) is 6.10 Å². The van der Waals surface area contributed by atoms with E-state index in [2.05, 4.69) is 18.2 Å². The largest absolute Gasteiger partial charge is 0.490 e. The van der Waals surface area contributed by atoms with Gasteiger partial charge in [-0.1, -0.05) is 48.5 Å². The number of rotatable bonds is 4. The second-order valence-electron chi connectivity index (χ2n) is 4.45. The fourth-order valence-electron chi connectivity index (χ4n) is 2.05. The molecule has 2 heteroatoms. The third kappa shape index (κ3) is 2.39. The molecule has 1 aliphatic rings. The van der Waals surface area contributed by atoms with Crippen LogP contribution < -0.4 is 4.74 Å². The molecular weight excluding hydrogens is 224 g/mol. The standard InChI is InChI=1S/C16H16O2/c1-2-6-13(7-3-1)15-8-4-5-9-16(15)18-12-14-10-11-17-14/h1-9,14H,10-12H2. The molecule has 2 aromatic carbocycles. The Morgan fingerprint density at radius 2 is 1.72 bits per heavy atom. The average Bonchev–Trinajstić information content (AvgIpc) is 2.39. The van der Waals surface area contributed by atoms with E-state index in [0.29, 0.717) is 6.61 Å². The second-order valence-corrected chi connectivity index (χ2v) is 4.45. The van der Waals surface area contributed by atoms with Gasteiger partial charge in [-0.2, -0.15) is 0 Å². The topological polar surface area (TPSA) is 18.5 Å². The van der Waals surface area contributed by atoms with Gasteiger partial charge in [0.25, 0.3) is 0 Å². The monoisotopic (exact) mass is 240 g/mol. The van der Waals surface area contributed by atoms with E-state index in [1.54, 1.807) is 0 Å². The first-order valence-corrected chi connectivity index (χ1v) is 6.32. The first kappa shape index (κ1) is 11.3. The van der Waals surface area contributed by atoms with Crippen molar-refractivity contribution in [2.75, 3.05) is 13.2 Å². The van der Waals surface area contributed by atoms with Crippen LogP contribution in [0.25, 0.3) is 11.1 Å². The first-order chi connectivity index (χ1) is 8.93.